The molecule has 1 atom stereocenters. The fourth-order valence-electron chi connectivity index (χ4n) is 1.47. The maximum atomic E-state index is 4.55. The van der Waals surface area contributed by atoms with Gasteiger partial charge < -0.3 is 5.32 Å². The summed E-state index contributed by atoms with van der Waals surface area (Å²) in [5, 5.41) is 6.75. The smallest absolute Gasteiger partial charge is 0.115 e. The summed E-state index contributed by atoms with van der Waals surface area (Å²) in [6.45, 7) is 5.20. The number of hydrogen-bond donors (Lipinski definition) is 1. The molecule has 0 spiro atoms. The van der Waals surface area contributed by atoms with Crippen LogP contribution in [0.25, 0.3) is 0 Å². The van der Waals surface area contributed by atoms with E-state index < -0.39 is 0 Å². The Morgan fingerprint density at radius 2 is 2.31 bits per heavy atom. The van der Waals surface area contributed by atoms with Gasteiger partial charge in [-0.15, -0.1) is 22.7 Å². The molecule has 1 unspecified atom stereocenters. The summed E-state index contributed by atoms with van der Waals surface area (Å²) in [5.74, 6) is 0. The van der Waals surface area contributed by atoms with Crippen LogP contribution in [0.5, 0.6) is 0 Å². The second-order valence-electron chi connectivity index (χ2n) is 3.62. The van der Waals surface area contributed by atoms with Gasteiger partial charge in [-0.3, -0.25) is 4.98 Å². The van der Waals surface area contributed by atoms with Crippen molar-refractivity contribution in [3.05, 3.63) is 32.7 Å². The highest BCUT2D eigenvalue weighted by atomic mass is 32.1. The molecule has 3 nitrogen and oxygen atoms in total. The van der Waals surface area contributed by atoms with Crippen LogP contribution < -0.4 is 5.32 Å². The fourth-order valence-corrected chi connectivity index (χ4v) is 3.13. The monoisotopic (exact) mass is 253 g/mol. The topological polar surface area (TPSA) is 37.8 Å². The minimum Gasteiger partial charge on any atom is -0.304 e. The molecular weight excluding hydrogens is 238 g/mol. The van der Waals surface area contributed by atoms with Gasteiger partial charge >= 0.3 is 0 Å². The van der Waals surface area contributed by atoms with Gasteiger partial charge in [0.25, 0.3) is 0 Å². The zero-order valence-corrected chi connectivity index (χ0v) is 11.1. The van der Waals surface area contributed by atoms with E-state index in [0.29, 0.717) is 0 Å². The molecule has 0 bridgehead atoms. The van der Waals surface area contributed by atoms with Crippen molar-refractivity contribution in [3.8, 4) is 0 Å². The number of thiazole rings is 2. The number of nitrogens with zero attached hydrogens (tertiary/aromatic N) is 2. The predicted octanol–water partition coefficient (Wildman–Crippen LogP) is 3.00. The molecule has 0 aliphatic heterocycles. The number of aryl methyl sites for hydroxylation is 1. The lowest BCUT2D eigenvalue weighted by molar-refractivity contribution is 0.601. The van der Waals surface area contributed by atoms with Crippen LogP contribution in [0, 0.1) is 6.92 Å². The van der Waals surface area contributed by atoms with Crippen molar-refractivity contribution in [2.45, 2.75) is 26.3 Å². The van der Waals surface area contributed by atoms with Crippen LogP contribution in [0.1, 0.15) is 35.0 Å². The van der Waals surface area contributed by atoms with Gasteiger partial charge in [-0.1, -0.05) is 6.92 Å². The first kappa shape index (κ1) is 11.7. The van der Waals surface area contributed by atoms with Crippen molar-refractivity contribution in [2.24, 2.45) is 0 Å². The third-order valence-electron chi connectivity index (χ3n) is 2.22. The van der Waals surface area contributed by atoms with E-state index in [2.05, 4.69) is 27.6 Å². The van der Waals surface area contributed by atoms with Gasteiger partial charge in [0.15, 0.2) is 0 Å². The first-order chi connectivity index (χ1) is 7.81. The Balaban J connectivity index is 2.21. The van der Waals surface area contributed by atoms with Crippen molar-refractivity contribution in [3.63, 3.8) is 0 Å². The summed E-state index contributed by atoms with van der Waals surface area (Å²) in [4.78, 5) is 9.93. The van der Waals surface area contributed by atoms with Crippen molar-refractivity contribution in [2.75, 3.05) is 6.54 Å². The van der Waals surface area contributed by atoms with Crippen LogP contribution in [0.2, 0.25) is 0 Å². The van der Waals surface area contributed by atoms with Crippen LogP contribution in [-0.2, 0) is 0 Å². The normalized spacial score (nSPS) is 12.9. The number of hydrogen-bond acceptors (Lipinski definition) is 5. The van der Waals surface area contributed by atoms with E-state index in [1.165, 1.54) is 4.88 Å². The Morgan fingerprint density at radius 3 is 2.88 bits per heavy atom. The van der Waals surface area contributed by atoms with Crippen molar-refractivity contribution < 1.29 is 0 Å². The van der Waals surface area contributed by atoms with E-state index in [4.69, 9.17) is 0 Å². The Bertz CT molecular complexity index is 422. The lowest BCUT2D eigenvalue weighted by atomic mass is 10.2. The molecule has 86 valence electrons. The highest BCUT2D eigenvalue weighted by molar-refractivity contribution is 7.11. The lowest BCUT2D eigenvalue weighted by Crippen LogP contribution is -2.22. The van der Waals surface area contributed by atoms with Gasteiger partial charge in [0.2, 0.25) is 0 Å². The quantitative estimate of drug-likeness (QED) is 0.890. The molecule has 0 aliphatic rings. The molecule has 5 heteroatoms. The van der Waals surface area contributed by atoms with Gasteiger partial charge in [-0.25, -0.2) is 4.98 Å². The second kappa shape index (κ2) is 5.52. The summed E-state index contributed by atoms with van der Waals surface area (Å²) >= 11 is 3.39. The molecule has 2 aromatic rings. The molecular formula is C11H15N3S2. The van der Waals surface area contributed by atoms with Crippen LogP contribution in [0.4, 0.5) is 0 Å². The van der Waals surface area contributed by atoms with E-state index >= 15 is 0 Å². The molecule has 2 rings (SSSR count). The van der Waals surface area contributed by atoms with Crippen molar-refractivity contribution in [1.29, 1.82) is 0 Å². The van der Waals surface area contributed by atoms with E-state index in [9.17, 15) is 0 Å². The molecule has 1 N–H and O–H groups in total. The first-order valence-electron chi connectivity index (χ1n) is 5.35. The number of rotatable bonds is 5. The third kappa shape index (κ3) is 2.66. The zero-order valence-electron chi connectivity index (χ0n) is 9.43. The highest BCUT2D eigenvalue weighted by Gasteiger charge is 2.17. The SMILES string of the molecule is CCCNC(c1cncs1)c1nc(C)cs1. The van der Waals surface area contributed by atoms with Crippen molar-refractivity contribution in [1.82, 2.24) is 15.3 Å². The molecule has 2 heterocycles. The second-order valence-corrected chi connectivity index (χ2v) is 5.43. The number of nitrogens with one attached hydrogen (secondary N) is 1. The maximum absolute atomic E-state index is 4.55. The predicted molar refractivity (Wildman–Crippen MR) is 69.1 cm³/mol. The molecule has 0 radical (unpaired) electrons. The molecule has 0 aromatic carbocycles. The largest absolute Gasteiger partial charge is 0.304 e. The van der Waals surface area contributed by atoms with E-state index in [1.54, 1.807) is 22.7 Å². The standard InChI is InChI=1S/C11H15N3S2/c1-3-4-13-10(9-5-12-7-16-9)11-14-8(2)6-15-11/h5-7,10,13H,3-4H2,1-2H3. The van der Waals surface area contributed by atoms with Crippen LogP contribution in [0.3, 0.4) is 0 Å². The third-order valence-corrected chi connectivity index (χ3v) is 4.09. The van der Waals surface area contributed by atoms with Crippen LogP contribution >= 0.6 is 22.7 Å². The summed E-state index contributed by atoms with van der Waals surface area (Å²) in [5.41, 5.74) is 2.96. The van der Waals surface area contributed by atoms with E-state index in [-0.39, 0.29) is 6.04 Å². The van der Waals surface area contributed by atoms with Gasteiger partial charge in [0.05, 0.1) is 11.6 Å². The van der Waals surface area contributed by atoms with Gasteiger partial charge in [-0.2, -0.15) is 0 Å². The summed E-state index contributed by atoms with van der Waals surface area (Å²) in [6, 6.07) is 0.214. The minimum absolute atomic E-state index is 0.214. The fraction of sp³-hybridized carbons (Fsp3) is 0.455. The zero-order chi connectivity index (χ0) is 11.4. The first-order valence-corrected chi connectivity index (χ1v) is 7.11. The molecule has 0 amide bonds. The molecule has 0 aliphatic carbocycles. The van der Waals surface area contributed by atoms with Crippen LogP contribution in [0.15, 0.2) is 17.1 Å². The lowest BCUT2D eigenvalue weighted by Gasteiger charge is -2.13. The highest BCUT2D eigenvalue weighted by Crippen LogP contribution is 2.27. The minimum atomic E-state index is 0.214. The average molecular weight is 253 g/mol. The molecule has 16 heavy (non-hydrogen) atoms. The Hall–Kier alpha value is -0.780. The Morgan fingerprint density at radius 1 is 1.44 bits per heavy atom. The van der Waals surface area contributed by atoms with Crippen LogP contribution in [-0.4, -0.2) is 16.5 Å². The summed E-state index contributed by atoms with van der Waals surface area (Å²) in [6.07, 6.45) is 3.05. The summed E-state index contributed by atoms with van der Waals surface area (Å²) < 4.78 is 0. The Kier molecular flexibility index (Phi) is 4.04. The maximum Gasteiger partial charge on any atom is 0.115 e. The van der Waals surface area contributed by atoms with E-state index in [0.717, 1.165) is 23.7 Å². The molecule has 0 saturated heterocycles. The number of aromatic nitrogens is 2. The average Bonchev–Trinajstić information content (AvgIpc) is 2.91. The molecule has 0 fully saturated rings. The van der Waals surface area contributed by atoms with Gasteiger partial charge in [0, 0.05) is 22.1 Å². The van der Waals surface area contributed by atoms with Gasteiger partial charge in [-0.05, 0) is 19.9 Å². The van der Waals surface area contributed by atoms with E-state index in [1.807, 2.05) is 18.6 Å². The Labute approximate surface area is 104 Å². The van der Waals surface area contributed by atoms with Gasteiger partial charge in [0.1, 0.15) is 5.01 Å². The molecule has 0 saturated carbocycles. The molecule has 2 aromatic heterocycles. The summed E-state index contributed by atoms with van der Waals surface area (Å²) in [7, 11) is 0. The van der Waals surface area contributed by atoms with Crippen molar-refractivity contribution >= 4 is 22.7 Å².